The van der Waals surface area contributed by atoms with Crippen LogP contribution in [0.25, 0.3) is 5.57 Å². The molecule has 2 aromatic heterocycles. The zero-order valence-corrected chi connectivity index (χ0v) is 23.4. The van der Waals surface area contributed by atoms with Gasteiger partial charge in [0.05, 0.1) is 17.9 Å². The monoisotopic (exact) mass is 529 g/mol. The van der Waals surface area contributed by atoms with Gasteiger partial charge >= 0.3 is 5.97 Å². The molecule has 1 aliphatic rings. The van der Waals surface area contributed by atoms with Crippen LogP contribution in [0.1, 0.15) is 66.4 Å². The van der Waals surface area contributed by atoms with E-state index in [9.17, 15) is 9.90 Å². The first kappa shape index (κ1) is 27.9. The summed E-state index contributed by atoms with van der Waals surface area (Å²) in [4.78, 5) is 23.2. The predicted molar refractivity (Wildman–Crippen MR) is 148 cm³/mol. The van der Waals surface area contributed by atoms with E-state index < -0.39 is 11.6 Å². The molecule has 1 aliphatic carbocycles. The number of ether oxygens (including phenoxy) is 1. The number of hydrogen-bond acceptors (Lipinski definition) is 7. The van der Waals surface area contributed by atoms with E-state index in [1.165, 1.54) is 0 Å². The molecular formula is C31H35N3O5. The van der Waals surface area contributed by atoms with E-state index in [2.05, 4.69) is 21.7 Å². The molecule has 1 aromatic carbocycles. The molecule has 2 heterocycles. The summed E-state index contributed by atoms with van der Waals surface area (Å²) in [6, 6.07) is 4.12. The van der Waals surface area contributed by atoms with Crippen LogP contribution in [0.5, 0.6) is 5.75 Å². The molecule has 0 amide bonds. The van der Waals surface area contributed by atoms with Gasteiger partial charge in [0.1, 0.15) is 17.8 Å². The van der Waals surface area contributed by atoms with Crippen LogP contribution < -0.4 is 4.74 Å². The Hall–Kier alpha value is -4.13. The van der Waals surface area contributed by atoms with E-state index in [1.807, 2.05) is 64.1 Å². The molecule has 0 fully saturated rings. The second-order valence-corrected chi connectivity index (χ2v) is 10.2. The minimum atomic E-state index is -1.33. The van der Waals surface area contributed by atoms with E-state index in [0.29, 0.717) is 43.6 Å². The second-order valence-electron chi connectivity index (χ2n) is 10.2. The fraction of sp³-hybridized carbons (Fsp3) is 0.355. The molecule has 8 nitrogen and oxygen atoms in total. The van der Waals surface area contributed by atoms with Crippen molar-refractivity contribution in [3.63, 3.8) is 0 Å². The Kier molecular flexibility index (Phi) is 8.38. The number of carboxylic acid groups (broad SMARTS) is 1. The topological polar surface area (TPSA) is 102 Å². The molecule has 0 radical (unpaired) electrons. The van der Waals surface area contributed by atoms with Crippen LogP contribution in [0.4, 0.5) is 0 Å². The van der Waals surface area contributed by atoms with Crippen molar-refractivity contribution in [3.8, 4) is 5.75 Å². The third-order valence-corrected chi connectivity index (χ3v) is 6.43. The quantitative estimate of drug-likeness (QED) is 0.291. The molecule has 0 saturated heterocycles. The molecule has 3 aromatic rings. The molecule has 0 spiro atoms. The molecule has 4 rings (SSSR count). The minimum Gasteiger partial charge on any atom is -0.478 e. The molecule has 1 N–H and O–H groups in total. The van der Waals surface area contributed by atoms with E-state index in [-0.39, 0.29) is 0 Å². The first-order chi connectivity index (χ1) is 18.6. The van der Waals surface area contributed by atoms with E-state index in [1.54, 1.807) is 20.1 Å². The maximum Gasteiger partial charge on any atom is 0.347 e. The highest BCUT2D eigenvalue weighted by Gasteiger charge is 2.31. The second kappa shape index (κ2) is 11.7. The zero-order chi connectivity index (χ0) is 28.2. The Morgan fingerprint density at radius 2 is 1.92 bits per heavy atom. The number of nitrogens with zero attached hydrogens (tertiary/aromatic N) is 3. The number of aromatic nitrogens is 2. The average Bonchev–Trinajstić information content (AvgIpc) is 3.33. The average molecular weight is 530 g/mol. The lowest BCUT2D eigenvalue weighted by Crippen LogP contribution is -2.38. The fourth-order valence-electron chi connectivity index (χ4n) is 4.32. The van der Waals surface area contributed by atoms with Gasteiger partial charge in [-0.1, -0.05) is 31.2 Å². The smallest absolute Gasteiger partial charge is 0.347 e. The number of allylic oxidation sites excluding steroid dienone is 5. The van der Waals surface area contributed by atoms with Crippen LogP contribution in [0.2, 0.25) is 0 Å². The number of hydrogen-bond donors (Lipinski definition) is 1. The summed E-state index contributed by atoms with van der Waals surface area (Å²) >= 11 is 0. The van der Waals surface area contributed by atoms with Gasteiger partial charge in [0.2, 0.25) is 11.8 Å². The molecule has 0 atom stereocenters. The third kappa shape index (κ3) is 6.85. The lowest BCUT2D eigenvalue weighted by molar-refractivity contribution is -0.152. The fourth-order valence-corrected chi connectivity index (χ4v) is 4.32. The summed E-state index contributed by atoms with van der Waals surface area (Å²) in [6.07, 6.45) is 11.8. The predicted octanol–water partition coefficient (Wildman–Crippen LogP) is 6.26. The Bertz CT molecular complexity index is 1480. The number of rotatable bonds is 11. The van der Waals surface area contributed by atoms with Crippen molar-refractivity contribution < 1.29 is 23.5 Å². The van der Waals surface area contributed by atoms with E-state index in [4.69, 9.17) is 18.6 Å². The standard InChI is InChI=1S/C31H35N3O5/c1-7-24-15-23(14-20(2)28(24)39-31(5,6)30(35)36)16-34(18-27-32-21(3)19-37-27)17-26-22(4)38-29(33-26)25-12-10-8-9-11-13-25/h8-10,12-15,19H,7,16-18H2,1-6H3,(H,35,36). The molecule has 8 heteroatoms. The minimum absolute atomic E-state index is 0.481. The summed E-state index contributed by atoms with van der Waals surface area (Å²) in [5.41, 5.74) is 7.18. The van der Waals surface area contributed by atoms with Gasteiger partial charge < -0.3 is 18.7 Å². The van der Waals surface area contributed by atoms with Gasteiger partial charge in [0.25, 0.3) is 0 Å². The molecule has 0 bridgehead atoms. The van der Waals surface area contributed by atoms with Crippen LogP contribution in [-0.4, -0.2) is 31.5 Å². The van der Waals surface area contributed by atoms with E-state index in [0.717, 1.165) is 39.4 Å². The number of oxazole rings is 2. The summed E-state index contributed by atoms with van der Waals surface area (Å²) in [6.45, 7) is 12.5. The lowest BCUT2D eigenvalue weighted by Gasteiger charge is -2.26. The molecule has 204 valence electrons. The highest BCUT2D eigenvalue weighted by molar-refractivity contribution is 5.77. The maximum atomic E-state index is 11.7. The number of aliphatic carboxylic acids is 1. The summed E-state index contributed by atoms with van der Waals surface area (Å²) in [5, 5.41) is 9.56. The van der Waals surface area contributed by atoms with Crippen molar-refractivity contribution in [1.29, 1.82) is 0 Å². The number of aryl methyl sites for hydroxylation is 4. The lowest BCUT2D eigenvalue weighted by atomic mass is 10.0. The van der Waals surface area contributed by atoms with Crippen LogP contribution in [0.15, 0.2) is 63.3 Å². The first-order valence-corrected chi connectivity index (χ1v) is 13.0. The van der Waals surface area contributed by atoms with Gasteiger partial charge in [-0.15, -0.1) is 5.73 Å². The number of carbonyl (C=O) groups is 1. The number of carboxylic acids is 1. The third-order valence-electron chi connectivity index (χ3n) is 6.43. The van der Waals surface area contributed by atoms with Crippen molar-refractivity contribution in [3.05, 3.63) is 100 Å². The Morgan fingerprint density at radius 3 is 2.62 bits per heavy atom. The molecule has 39 heavy (non-hydrogen) atoms. The van der Waals surface area contributed by atoms with Crippen molar-refractivity contribution in [1.82, 2.24) is 14.9 Å². The molecule has 0 unspecified atom stereocenters. The highest BCUT2D eigenvalue weighted by atomic mass is 16.5. The van der Waals surface area contributed by atoms with Gasteiger partial charge in [-0.2, -0.15) is 0 Å². The molecule has 0 aliphatic heterocycles. The Labute approximate surface area is 229 Å². The van der Waals surface area contributed by atoms with Crippen molar-refractivity contribution in [2.75, 3.05) is 0 Å². The highest BCUT2D eigenvalue weighted by Crippen LogP contribution is 2.31. The van der Waals surface area contributed by atoms with Crippen molar-refractivity contribution >= 4 is 11.5 Å². The normalized spacial score (nSPS) is 13.2. The molecular weight excluding hydrogens is 494 g/mol. The maximum absolute atomic E-state index is 11.7. The van der Waals surface area contributed by atoms with Gasteiger partial charge in [-0.05, 0) is 76.0 Å². The SMILES string of the molecule is CCc1cc(CN(Cc2nc(C)co2)Cc2nc(C3=CC=CC=C=C3)oc2C)cc(C)c1OC(C)(C)C(=O)O. The summed E-state index contributed by atoms with van der Waals surface area (Å²) < 4.78 is 17.7. The Balaban J connectivity index is 1.63. The van der Waals surface area contributed by atoms with Crippen LogP contribution in [-0.2, 0) is 30.8 Å². The van der Waals surface area contributed by atoms with E-state index >= 15 is 0 Å². The van der Waals surface area contributed by atoms with Crippen LogP contribution in [0.3, 0.4) is 0 Å². The van der Waals surface area contributed by atoms with Gasteiger partial charge in [0.15, 0.2) is 5.60 Å². The van der Waals surface area contributed by atoms with Gasteiger partial charge in [-0.25, -0.2) is 14.8 Å². The first-order valence-electron chi connectivity index (χ1n) is 13.0. The van der Waals surface area contributed by atoms with Crippen molar-refractivity contribution in [2.45, 2.75) is 73.2 Å². The van der Waals surface area contributed by atoms with Crippen LogP contribution >= 0.6 is 0 Å². The van der Waals surface area contributed by atoms with Crippen LogP contribution in [0, 0.1) is 20.8 Å². The van der Waals surface area contributed by atoms with Gasteiger partial charge in [0, 0.05) is 18.7 Å². The van der Waals surface area contributed by atoms with Crippen molar-refractivity contribution in [2.24, 2.45) is 0 Å². The summed E-state index contributed by atoms with van der Waals surface area (Å²) in [5.74, 6) is 1.52. The zero-order valence-electron chi connectivity index (χ0n) is 23.4. The van der Waals surface area contributed by atoms with Gasteiger partial charge in [-0.3, -0.25) is 4.90 Å². The largest absolute Gasteiger partial charge is 0.478 e. The number of benzene rings is 1. The Morgan fingerprint density at radius 1 is 1.13 bits per heavy atom. The molecule has 0 saturated carbocycles. The summed E-state index contributed by atoms with van der Waals surface area (Å²) in [7, 11) is 0.